The van der Waals surface area contributed by atoms with E-state index in [1.54, 1.807) is 14.2 Å². The third-order valence-corrected chi connectivity index (χ3v) is 4.62. The topological polar surface area (TPSA) is 71.1 Å². The van der Waals surface area contributed by atoms with E-state index in [9.17, 15) is 9.59 Å². The number of ether oxygens (including phenoxy) is 2. The van der Waals surface area contributed by atoms with Gasteiger partial charge in [0.2, 0.25) is 0 Å². The molecule has 134 valence electrons. The zero-order valence-electron chi connectivity index (χ0n) is 14.8. The lowest BCUT2D eigenvalue weighted by molar-refractivity contribution is 0.312. The van der Waals surface area contributed by atoms with Crippen molar-refractivity contribution in [2.24, 2.45) is 0 Å². The number of methoxy groups -OCH3 is 2. The molecule has 1 N–H and O–H groups in total. The van der Waals surface area contributed by atoms with E-state index in [1.165, 1.54) is 0 Å². The molecule has 1 heterocycles. The first-order valence-corrected chi connectivity index (χ1v) is 8.26. The molecular formula is C18H23N3O4. The van der Waals surface area contributed by atoms with Gasteiger partial charge in [-0.05, 0) is 24.7 Å². The maximum Gasteiger partial charge on any atom is 0.253 e. The van der Waals surface area contributed by atoms with E-state index in [4.69, 9.17) is 9.47 Å². The molecule has 1 aliphatic heterocycles. The van der Waals surface area contributed by atoms with Gasteiger partial charge in [0.15, 0.2) is 11.5 Å². The van der Waals surface area contributed by atoms with E-state index < -0.39 is 5.43 Å². The summed E-state index contributed by atoms with van der Waals surface area (Å²) >= 11 is 0. The van der Waals surface area contributed by atoms with Crippen molar-refractivity contribution in [3.05, 3.63) is 44.2 Å². The van der Waals surface area contributed by atoms with E-state index >= 15 is 0 Å². The van der Waals surface area contributed by atoms with Gasteiger partial charge in [-0.1, -0.05) is 6.07 Å². The third kappa shape index (κ3) is 3.32. The fourth-order valence-corrected chi connectivity index (χ4v) is 3.06. The lowest BCUT2D eigenvalue weighted by Gasteiger charge is -2.35. The van der Waals surface area contributed by atoms with Gasteiger partial charge in [-0.15, -0.1) is 0 Å². The highest BCUT2D eigenvalue weighted by molar-refractivity contribution is 5.75. The van der Waals surface area contributed by atoms with Crippen LogP contribution in [-0.2, 0) is 6.54 Å². The van der Waals surface area contributed by atoms with Crippen molar-refractivity contribution < 1.29 is 9.47 Å². The molecule has 0 radical (unpaired) electrons. The maximum atomic E-state index is 12.0. The van der Waals surface area contributed by atoms with Crippen LogP contribution in [0.1, 0.15) is 5.56 Å². The first-order chi connectivity index (χ1) is 12.0. The smallest absolute Gasteiger partial charge is 0.253 e. The van der Waals surface area contributed by atoms with Gasteiger partial charge in [-0.3, -0.25) is 9.59 Å². The van der Waals surface area contributed by atoms with Crippen LogP contribution in [0, 0.1) is 0 Å². The summed E-state index contributed by atoms with van der Waals surface area (Å²) in [6.45, 7) is 3.71. The quantitative estimate of drug-likeness (QED) is 0.771. The van der Waals surface area contributed by atoms with Crippen molar-refractivity contribution in [3.63, 3.8) is 0 Å². The number of likely N-dealkylation sites (N-methyl/N-ethyl adjacent to an activating group) is 1. The molecule has 2 aromatic carbocycles. The molecule has 0 aliphatic carbocycles. The van der Waals surface area contributed by atoms with Crippen LogP contribution in [0.15, 0.2) is 27.8 Å². The summed E-state index contributed by atoms with van der Waals surface area (Å²) in [5.41, 5.74) is 1.06. The second kappa shape index (κ2) is 7.14. The zero-order valence-corrected chi connectivity index (χ0v) is 14.8. The second-order valence-electron chi connectivity index (χ2n) is 6.22. The number of nitrogens with one attached hydrogen (secondary N) is 1. The highest BCUT2D eigenvalue weighted by Crippen LogP contribution is 2.28. The van der Waals surface area contributed by atoms with Crippen molar-refractivity contribution in [3.8, 4) is 11.5 Å². The second-order valence-corrected chi connectivity index (χ2v) is 6.22. The lowest BCUT2D eigenvalue weighted by Crippen LogP contribution is -2.50. The molecule has 0 bridgehead atoms. The molecule has 0 aromatic heterocycles. The van der Waals surface area contributed by atoms with Crippen LogP contribution in [0.2, 0.25) is 0 Å². The molecule has 0 saturated carbocycles. The standard InChI is InChI=1S/C18H23N3O4/c1-20-6-8-21(9-7-20)16-15(17(22)18(16)23)19-11-12-4-5-13(24-2)14(10-12)25-3/h4-5,10,19H,6-9,11H2,1-3H3. The summed E-state index contributed by atoms with van der Waals surface area (Å²) in [5.74, 6) is 1.28. The van der Waals surface area contributed by atoms with Gasteiger partial charge in [-0.2, -0.15) is 0 Å². The molecule has 2 aromatic rings. The zero-order chi connectivity index (χ0) is 18.0. The van der Waals surface area contributed by atoms with Gasteiger partial charge < -0.3 is 24.6 Å². The van der Waals surface area contributed by atoms with Crippen molar-refractivity contribution in [1.82, 2.24) is 4.90 Å². The van der Waals surface area contributed by atoms with Crippen molar-refractivity contribution in [1.29, 1.82) is 0 Å². The normalized spacial score (nSPS) is 15.4. The Balaban J connectivity index is 1.73. The van der Waals surface area contributed by atoms with Crippen LogP contribution in [0.25, 0.3) is 0 Å². The van der Waals surface area contributed by atoms with Crippen LogP contribution in [0.4, 0.5) is 11.4 Å². The Hall–Kier alpha value is -2.54. The molecule has 0 atom stereocenters. The molecule has 0 spiro atoms. The Labute approximate surface area is 146 Å². The molecule has 25 heavy (non-hydrogen) atoms. The highest BCUT2D eigenvalue weighted by Gasteiger charge is 2.27. The monoisotopic (exact) mass is 345 g/mol. The highest BCUT2D eigenvalue weighted by atomic mass is 16.5. The van der Waals surface area contributed by atoms with E-state index in [0.717, 1.165) is 31.7 Å². The van der Waals surface area contributed by atoms with Crippen LogP contribution < -0.4 is 30.5 Å². The summed E-state index contributed by atoms with van der Waals surface area (Å²) in [7, 11) is 5.22. The molecule has 1 saturated heterocycles. The molecule has 7 heteroatoms. The van der Waals surface area contributed by atoms with E-state index in [1.807, 2.05) is 23.1 Å². The molecule has 3 rings (SSSR count). The fourth-order valence-electron chi connectivity index (χ4n) is 3.06. The Morgan fingerprint density at radius 3 is 2.32 bits per heavy atom. The maximum absolute atomic E-state index is 12.0. The average Bonchev–Trinajstić information content (AvgIpc) is 2.65. The van der Waals surface area contributed by atoms with Crippen molar-refractivity contribution in [2.75, 3.05) is 57.7 Å². The first kappa shape index (κ1) is 17.3. The summed E-state index contributed by atoms with van der Waals surface area (Å²) in [5, 5.41) is 3.12. The number of hydrogen-bond acceptors (Lipinski definition) is 7. The number of hydrogen-bond donors (Lipinski definition) is 1. The summed E-state index contributed by atoms with van der Waals surface area (Å²) in [6.07, 6.45) is 0. The number of piperazine rings is 1. The minimum absolute atomic E-state index is 0.389. The van der Waals surface area contributed by atoms with E-state index in [-0.39, 0.29) is 5.43 Å². The summed E-state index contributed by atoms with van der Waals surface area (Å²) < 4.78 is 10.5. The summed E-state index contributed by atoms with van der Waals surface area (Å²) in [6, 6.07) is 5.57. The van der Waals surface area contributed by atoms with Gasteiger partial charge in [0, 0.05) is 32.7 Å². The van der Waals surface area contributed by atoms with E-state index in [2.05, 4.69) is 17.3 Å². The average molecular weight is 345 g/mol. The molecular weight excluding hydrogens is 322 g/mol. The molecule has 0 amide bonds. The Bertz CT molecular complexity index is 818. The van der Waals surface area contributed by atoms with Crippen LogP contribution >= 0.6 is 0 Å². The van der Waals surface area contributed by atoms with Gasteiger partial charge >= 0.3 is 0 Å². The Kier molecular flexibility index (Phi) is 4.94. The summed E-state index contributed by atoms with van der Waals surface area (Å²) in [4.78, 5) is 28.2. The lowest BCUT2D eigenvalue weighted by atomic mass is 10.1. The minimum Gasteiger partial charge on any atom is -0.493 e. The van der Waals surface area contributed by atoms with Gasteiger partial charge in [0.25, 0.3) is 10.9 Å². The molecule has 0 unspecified atom stereocenters. The largest absolute Gasteiger partial charge is 0.493 e. The number of rotatable bonds is 6. The van der Waals surface area contributed by atoms with Crippen molar-refractivity contribution in [2.45, 2.75) is 6.54 Å². The minimum atomic E-state index is -0.436. The van der Waals surface area contributed by atoms with E-state index in [0.29, 0.717) is 29.4 Å². The van der Waals surface area contributed by atoms with Crippen LogP contribution in [-0.4, -0.2) is 52.3 Å². The SMILES string of the molecule is COc1ccc(CNc2c(N3CCN(C)CC3)c(=O)c2=O)cc1OC. The number of benzene rings is 1. The predicted molar refractivity (Wildman–Crippen MR) is 97.9 cm³/mol. The Morgan fingerprint density at radius 1 is 1.00 bits per heavy atom. The molecule has 1 aliphatic rings. The van der Waals surface area contributed by atoms with Crippen LogP contribution in [0.3, 0.4) is 0 Å². The third-order valence-electron chi connectivity index (χ3n) is 4.62. The van der Waals surface area contributed by atoms with Crippen LogP contribution in [0.5, 0.6) is 11.5 Å². The molecule has 1 fully saturated rings. The molecule has 7 nitrogen and oxygen atoms in total. The van der Waals surface area contributed by atoms with Gasteiger partial charge in [-0.25, -0.2) is 0 Å². The van der Waals surface area contributed by atoms with Gasteiger partial charge in [0.05, 0.1) is 14.2 Å². The fraction of sp³-hybridized carbons (Fsp3) is 0.444. The number of nitrogens with zero attached hydrogens (tertiary/aromatic N) is 2. The predicted octanol–water partition coefficient (Wildman–Crippen LogP) is 0.664. The number of anilines is 2. The Morgan fingerprint density at radius 2 is 1.68 bits per heavy atom. The van der Waals surface area contributed by atoms with Crippen molar-refractivity contribution >= 4 is 11.4 Å². The van der Waals surface area contributed by atoms with Gasteiger partial charge in [0.1, 0.15) is 11.4 Å². The first-order valence-electron chi connectivity index (χ1n) is 8.26.